The zero-order valence-electron chi connectivity index (χ0n) is 10.7. The Bertz CT molecular complexity index is 749. The maximum atomic E-state index is 4.67. The number of benzene rings is 2. The van der Waals surface area contributed by atoms with Crippen LogP contribution in [-0.4, -0.2) is 4.98 Å². The number of halogens is 1. The van der Waals surface area contributed by atoms with Gasteiger partial charge in [0, 0.05) is 10.2 Å². The van der Waals surface area contributed by atoms with Crippen LogP contribution in [0.25, 0.3) is 10.2 Å². The molecule has 4 heteroatoms. The van der Waals surface area contributed by atoms with Gasteiger partial charge in [0.25, 0.3) is 0 Å². The first-order chi connectivity index (χ1) is 9.13. The number of anilines is 2. The Morgan fingerprint density at radius 1 is 1.11 bits per heavy atom. The topological polar surface area (TPSA) is 24.9 Å². The van der Waals surface area contributed by atoms with Gasteiger partial charge in [-0.05, 0) is 49.2 Å². The van der Waals surface area contributed by atoms with E-state index in [0.29, 0.717) is 0 Å². The largest absolute Gasteiger partial charge is 0.331 e. The van der Waals surface area contributed by atoms with Crippen molar-refractivity contribution in [1.82, 2.24) is 4.98 Å². The molecule has 2 aromatic carbocycles. The summed E-state index contributed by atoms with van der Waals surface area (Å²) in [6.07, 6.45) is 0. The molecule has 3 aromatic rings. The SMILES string of the molecule is Cc1cc(Br)ccc1Nc1nc2c(C)cccc2s1. The third-order valence-corrected chi connectivity index (χ3v) is 4.48. The minimum absolute atomic E-state index is 0.940. The smallest absolute Gasteiger partial charge is 0.188 e. The van der Waals surface area contributed by atoms with Gasteiger partial charge >= 0.3 is 0 Å². The minimum atomic E-state index is 0.940. The van der Waals surface area contributed by atoms with Crippen molar-refractivity contribution < 1.29 is 0 Å². The van der Waals surface area contributed by atoms with E-state index in [-0.39, 0.29) is 0 Å². The molecule has 96 valence electrons. The molecule has 0 radical (unpaired) electrons. The highest BCUT2D eigenvalue weighted by Crippen LogP contribution is 2.31. The van der Waals surface area contributed by atoms with Crippen LogP contribution in [0, 0.1) is 13.8 Å². The summed E-state index contributed by atoms with van der Waals surface area (Å²) in [5.41, 5.74) is 4.60. The molecule has 0 spiro atoms. The van der Waals surface area contributed by atoms with E-state index in [1.54, 1.807) is 11.3 Å². The Morgan fingerprint density at radius 3 is 2.68 bits per heavy atom. The molecule has 0 aliphatic carbocycles. The van der Waals surface area contributed by atoms with Gasteiger partial charge in [-0.3, -0.25) is 0 Å². The fourth-order valence-corrected chi connectivity index (χ4v) is 3.45. The number of hydrogen-bond acceptors (Lipinski definition) is 3. The Balaban J connectivity index is 1.99. The quantitative estimate of drug-likeness (QED) is 0.677. The third kappa shape index (κ3) is 2.51. The molecule has 0 atom stereocenters. The van der Waals surface area contributed by atoms with Crippen LogP contribution in [0.2, 0.25) is 0 Å². The van der Waals surface area contributed by atoms with Crippen LogP contribution in [0.3, 0.4) is 0 Å². The van der Waals surface area contributed by atoms with Crippen LogP contribution >= 0.6 is 27.3 Å². The van der Waals surface area contributed by atoms with E-state index in [1.165, 1.54) is 15.8 Å². The van der Waals surface area contributed by atoms with Gasteiger partial charge in [0.05, 0.1) is 10.2 Å². The summed E-state index contributed by atoms with van der Waals surface area (Å²) in [7, 11) is 0. The summed E-state index contributed by atoms with van der Waals surface area (Å²) in [6, 6.07) is 12.5. The van der Waals surface area contributed by atoms with Gasteiger partial charge in [-0.2, -0.15) is 0 Å². The van der Waals surface area contributed by atoms with Crippen molar-refractivity contribution in [3.8, 4) is 0 Å². The maximum Gasteiger partial charge on any atom is 0.188 e. The first-order valence-electron chi connectivity index (χ1n) is 6.03. The molecule has 3 rings (SSSR count). The number of para-hydroxylation sites is 1. The normalized spacial score (nSPS) is 10.9. The van der Waals surface area contributed by atoms with Crippen LogP contribution in [0.4, 0.5) is 10.8 Å². The maximum absolute atomic E-state index is 4.67. The predicted molar refractivity (Wildman–Crippen MR) is 86.5 cm³/mol. The number of fused-ring (bicyclic) bond motifs is 1. The molecule has 1 N–H and O–H groups in total. The first kappa shape index (κ1) is 12.6. The molecule has 0 aliphatic rings. The van der Waals surface area contributed by atoms with Gasteiger partial charge in [-0.1, -0.05) is 39.4 Å². The van der Waals surface area contributed by atoms with Crippen molar-refractivity contribution in [1.29, 1.82) is 0 Å². The molecule has 0 amide bonds. The summed E-state index contributed by atoms with van der Waals surface area (Å²) < 4.78 is 2.31. The molecule has 19 heavy (non-hydrogen) atoms. The van der Waals surface area contributed by atoms with E-state index in [4.69, 9.17) is 0 Å². The Labute approximate surface area is 124 Å². The third-order valence-electron chi connectivity index (χ3n) is 3.05. The molecule has 0 bridgehead atoms. The van der Waals surface area contributed by atoms with Crippen LogP contribution in [0.15, 0.2) is 40.9 Å². The highest BCUT2D eigenvalue weighted by molar-refractivity contribution is 9.10. The van der Waals surface area contributed by atoms with Gasteiger partial charge in [0.1, 0.15) is 0 Å². The average Bonchev–Trinajstić information content (AvgIpc) is 2.77. The summed E-state index contributed by atoms with van der Waals surface area (Å²) in [6.45, 7) is 4.18. The van der Waals surface area contributed by atoms with Crippen molar-refractivity contribution in [3.05, 3.63) is 52.0 Å². The summed E-state index contributed by atoms with van der Waals surface area (Å²) in [5.74, 6) is 0. The second-order valence-electron chi connectivity index (χ2n) is 4.52. The van der Waals surface area contributed by atoms with Crippen molar-refractivity contribution in [3.63, 3.8) is 0 Å². The molecule has 0 unspecified atom stereocenters. The zero-order valence-corrected chi connectivity index (χ0v) is 13.1. The minimum Gasteiger partial charge on any atom is -0.331 e. The lowest BCUT2D eigenvalue weighted by atomic mass is 10.2. The standard InChI is InChI=1S/C15H13BrN2S/c1-9-4-3-5-13-14(9)18-15(19-13)17-12-7-6-11(16)8-10(12)2/h3-8H,1-2H3,(H,17,18). The summed E-state index contributed by atoms with van der Waals surface area (Å²) >= 11 is 5.16. The van der Waals surface area contributed by atoms with Crippen LogP contribution < -0.4 is 5.32 Å². The number of aromatic nitrogens is 1. The molecular formula is C15H13BrN2S. The molecule has 2 nitrogen and oxygen atoms in total. The van der Waals surface area contributed by atoms with E-state index in [9.17, 15) is 0 Å². The van der Waals surface area contributed by atoms with E-state index in [0.717, 1.165) is 20.8 Å². The monoisotopic (exact) mass is 332 g/mol. The molecule has 1 heterocycles. The molecular weight excluding hydrogens is 320 g/mol. The van der Waals surface area contributed by atoms with E-state index in [2.05, 4.69) is 70.4 Å². The number of nitrogens with one attached hydrogen (secondary N) is 1. The van der Waals surface area contributed by atoms with Crippen molar-refractivity contribution in [2.75, 3.05) is 5.32 Å². The van der Waals surface area contributed by atoms with Gasteiger partial charge in [-0.25, -0.2) is 4.98 Å². The molecule has 0 aliphatic heterocycles. The number of aryl methyl sites for hydroxylation is 2. The average molecular weight is 333 g/mol. The van der Waals surface area contributed by atoms with Crippen LogP contribution in [0.5, 0.6) is 0 Å². The first-order valence-corrected chi connectivity index (χ1v) is 7.64. The molecule has 1 aromatic heterocycles. The Hall–Kier alpha value is -1.39. The lowest BCUT2D eigenvalue weighted by molar-refractivity contribution is 1.37. The lowest BCUT2D eigenvalue weighted by Gasteiger charge is -2.06. The van der Waals surface area contributed by atoms with Gasteiger partial charge < -0.3 is 5.32 Å². The number of hydrogen-bond donors (Lipinski definition) is 1. The number of thiazole rings is 1. The van der Waals surface area contributed by atoms with E-state index >= 15 is 0 Å². The lowest BCUT2D eigenvalue weighted by Crippen LogP contribution is -1.92. The Kier molecular flexibility index (Phi) is 3.29. The summed E-state index contributed by atoms with van der Waals surface area (Å²) in [5, 5.41) is 4.34. The fourth-order valence-electron chi connectivity index (χ4n) is 2.02. The fraction of sp³-hybridized carbons (Fsp3) is 0.133. The zero-order chi connectivity index (χ0) is 13.4. The molecule has 0 saturated carbocycles. The highest BCUT2D eigenvalue weighted by atomic mass is 79.9. The summed E-state index contributed by atoms with van der Waals surface area (Å²) in [4.78, 5) is 4.67. The highest BCUT2D eigenvalue weighted by Gasteiger charge is 2.07. The number of nitrogens with zero attached hydrogens (tertiary/aromatic N) is 1. The van der Waals surface area contributed by atoms with Gasteiger partial charge in [0.2, 0.25) is 0 Å². The van der Waals surface area contributed by atoms with Crippen LogP contribution in [-0.2, 0) is 0 Å². The van der Waals surface area contributed by atoms with E-state index < -0.39 is 0 Å². The second-order valence-corrected chi connectivity index (χ2v) is 6.47. The van der Waals surface area contributed by atoms with Gasteiger partial charge in [-0.15, -0.1) is 0 Å². The number of rotatable bonds is 2. The molecule has 0 fully saturated rings. The van der Waals surface area contributed by atoms with Gasteiger partial charge in [0.15, 0.2) is 5.13 Å². The molecule has 0 saturated heterocycles. The van der Waals surface area contributed by atoms with Crippen molar-refractivity contribution >= 4 is 48.3 Å². The van der Waals surface area contributed by atoms with Crippen LogP contribution in [0.1, 0.15) is 11.1 Å². The Morgan fingerprint density at radius 2 is 1.95 bits per heavy atom. The predicted octanol–water partition coefficient (Wildman–Crippen LogP) is 5.42. The van der Waals surface area contributed by atoms with E-state index in [1.807, 2.05) is 6.07 Å². The second kappa shape index (κ2) is 4.94. The van der Waals surface area contributed by atoms with Crippen molar-refractivity contribution in [2.24, 2.45) is 0 Å². The van der Waals surface area contributed by atoms with Crippen molar-refractivity contribution in [2.45, 2.75) is 13.8 Å².